The quantitative estimate of drug-likeness (QED) is 0.710. The number of aryl methyl sites for hydroxylation is 1. The van der Waals surface area contributed by atoms with E-state index in [0.29, 0.717) is 44.2 Å². The molecule has 0 saturated carbocycles. The summed E-state index contributed by atoms with van der Waals surface area (Å²) in [4.78, 5) is 4.38. The van der Waals surface area contributed by atoms with Crippen LogP contribution in [0.3, 0.4) is 0 Å². The molecule has 8 heteroatoms. The molecule has 0 aromatic heterocycles. The molecule has 2 aromatic carbocycles. The number of nitrogens with zero attached hydrogens (tertiary/aromatic N) is 2. The zero-order valence-corrected chi connectivity index (χ0v) is 17.7. The van der Waals surface area contributed by atoms with Gasteiger partial charge in [-0.15, -0.1) is 0 Å². The highest BCUT2D eigenvalue weighted by Crippen LogP contribution is 2.25. The number of ether oxygens (including phenoxy) is 1. The van der Waals surface area contributed by atoms with Crippen LogP contribution in [0.5, 0.6) is 5.75 Å². The molecule has 0 amide bonds. The minimum Gasteiger partial charge on any atom is -0.492 e. The lowest BCUT2D eigenvalue weighted by Gasteiger charge is -2.36. The van der Waals surface area contributed by atoms with Crippen molar-refractivity contribution in [2.45, 2.75) is 18.7 Å². The van der Waals surface area contributed by atoms with Crippen molar-refractivity contribution in [2.24, 2.45) is 0 Å². The van der Waals surface area contributed by atoms with Crippen LogP contribution in [0.25, 0.3) is 0 Å². The van der Waals surface area contributed by atoms with Gasteiger partial charge in [-0.25, -0.2) is 17.5 Å². The fraction of sp³-hybridized carbons (Fsp3) is 0.429. The standard InChI is InChI=1S/C21H28FN3O3S/c1-3-28-20-9-8-17(2)16-21(20)29(26,27)23-10-11-24-12-14-25(15-13-24)19-7-5-4-6-18(19)22/h4-9,16,23H,3,10-15H2,1-2H3. The van der Waals surface area contributed by atoms with E-state index in [4.69, 9.17) is 4.74 Å². The Morgan fingerprint density at radius 3 is 2.52 bits per heavy atom. The number of para-hydroxylation sites is 1. The Balaban J connectivity index is 1.53. The lowest BCUT2D eigenvalue weighted by molar-refractivity contribution is 0.261. The molecule has 29 heavy (non-hydrogen) atoms. The summed E-state index contributed by atoms with van der Waals surface area (Å²) in [7, 11) is -3.66. The van der Waals surface area contributed by atoms with Crippen LogP contribution in [0.2, 0.25) is 0 Å². The molecule has 1 fully saturated rings. The Morgan fingerprint density at radius 2 is 1.83 bits per heavy atom. The number of anilines is 1. The molecule has 2 aromatic rings. The van der Waals surface area contributed by atoms with Crippen molar-refractivity contribution < 1.29 is 17.5 Å². The number of halogens is 1. The van der Waals surface area contributed by atoms with Gasteiger partial charge >= 0.3 is 0 Å². The number of hydrogen-bond acceptors (Lipinski definition) is 5. The van der Waals surface area contributed by atoms with E-state index in [1.54, 1.807) is 24.3 Å². The number of sulfonamides is 1. The number of rotatable bonds is 8. The average Bonchev–Trinajstić information content (AvgIpc) is 2.70. The highest BCUT2D eigenvalue weighted by atomic mass is 32.2. The first-order valence-corrected chi connectivity index (χ1v) is 11.3. The van der Waals surface area contributed by atoms with Gasteiger partial charge in [0.2, 0.25) is 10.0 Å². The lowest BCUT2D eigenvalue weighted by Crippen LogP contribution is -2.48. The maximum atomic E-state index is 13.9. The van der Waals surface area contributed by atoms with Crippen molar-refractivity contribution in [3.05, 3.63) is 53.8 Å². The third kappa shape index (κ3) is 5.46. The average molecular weight is 422 g/mol. The van der Waals surface area contributed by atoms with E-state index in [2.05, 4.69) is 9.62 Å². The monoisotopic (exact) mass is 421 g/mol. The summed E-state index contributed by atoms with van der Waals surface area (Å²) in [6.45, 7) is 7.91. The third-order valence-corrected chi connectivity index (χ3v) is 6.46. The fourth-order valence-corrected chi connectivity index (χ4v) is 4.68. The van der Waals surface area contributed by atoms with Crippen LogP contribution in [0.4, 0.5) is 10.1 Å². The Hall–Kier alpha value is -2.16. The molecule has 0 atom stereocenters. The molecular formula is C21H28FN3O3S. The highest BCUT2D eigenvalue weighted by Gasteiger charge is 2.22. The van der Waals surface area contributed by atoms with E-state index in [-0.39, 0.29) is 10.7 Å². The minimum absolute atomic E-state index is 0.170. The second kappa shape index (κ2) is 9.56. The Labute approximate surface area is 172 Å². The number of hydrogen-bond donors (Lipinski definition) is 1. The van der Waals surface area contributed by atoms with Crippen molar-refractivity contribution in [3.63, 3.8) is 0 Å². The molecule has 1 N–H and O–H groups in total. The highest BCUT2D eigenvalue weighted by molar-refractivity contribution is 7.89. The van der Waals surface area contributed by atoms with Crippen LogP contribution in [-0.4, -0.2) is 59.2 Å². The van der Waals surface area contributed by atoms with E-state index in [9.17, 15) is 12.8 Å². The van der Waals surface area contributed by atoms with Crippen LogP contribution in [0.1, 0.15) is 12.5 Å². The first kappa shape index (κ1) is 21.5. The SMILES string of the molecule is CCOc1ccc(C)cc1S(=O)(=O)NCCN1CCN(c2ccccc2F)CC1. The predicted molar refractivity (Wildman–Crippen MR) is 113 cm³/mol. The van der Waals surface area contributed by atoms with Gasteiger partial charge in [0.05, 0.1) is 12.3 Å². The van der Waals surface area contributed by atoms with Gasteiger partial charge in [-0.05, 0) is 43.7 Å². The van der Waals surface area contributed by atoms with Crippen molar-refractivity contribution in [1.82, 2.24) is 9.62 Å². The number of benzene rings is 2. The fourth-order valence-electron chi connectivity index (χ4n) is 3.44. The summed E-state index contributed by atoms with van der Waals surface area (Å²) in [6, 6.07) is 11.9. The van der Waals surface area contributed by atoms with Crippen molar-refractivity contribution in [2.75, 3.05) is 50.8 Å². The number of nitrogens with one attached hydrogen (secondary N) is 1. The first-order valence-electron chi connectivity index (χ1n) is 9.85. The normalized spacial score (nSPS) is 15.5. The zero-order chi connectivity index (χ0) is 20.9. The molecule has 1 aliphatic heterocycles. The molecule has 0 spiro atoms. The Morgan fingerprint density at radius 1 is 1.10 bits per heavy atom. The topological polar surface area (TPSA) is 61.9 Å². The third-order valence-electron chi connectivity index (χ3n) is 4.97. The molecule has 1 aliphatic rings. The van der Waals surface area contributed by atoms with Crippen molar-refractivity contribution in [1.29, 1.82) is 0 Å². The van der Waals surface area contributed by atoms with Gasteiger partial charge in [-0.3, -0.25) is 4.90 Å². The molecule has 1 heterocycles. The summed E-state index contributed by atoms with van der Waals surface area (Å²) in [5, 5.41) is 0. The first-order chi connectivity index (χ1) is 13.9. The summed E-state index contributed by atoms with van der Waals surface area (Å²) >= 11 is 0. The minimum atomic E-state index is -3.66. The molecule has 1 saturated heterocycles. The molecule has 0 aliphatic carbocycles. The molecule has 0 radical (unpaired) electrons. The van der Waals surface area contributed by atoms with Crippen LogP contribution in [0.15, 0.2) is 47.4 Å². The summed E-state index contributed by atoms with van der Waals surface area (Å²) in [5.74, 6) is 0.154. The van der Waals surface area contributed by atoms with Crippen molar-refractivity contribution >= 4 is 15.7 Å². The molecule has 6 nitrogen and oxygen atoms in total. The van der Waals surface area contributed by atoms with E-state index in [1.165, 1.54) is 6.07 Å². The summed E-state index contributed by atoms with van der Waals surface area (Å²) in [6.07, 6.45) is 0. The van der Waals surface area contributed by atoms with Gasteiger partial charge in [-0.2, -0.15) is 0 Å². The van der Waals surface area contributed by atoms with Crippen LogP contribution >= 0.6 is 0 Å². The van der Waals surface area contributed by atoms with Crippen LogP contribution in [-0.2, 0) is 10.0 Å². The molecule has 0 unspecified atom stereocenters. The largest absolute Gasteiger partial charge is 0.492 e. The summed E-state index contributed by atoms with van der Waals surface area (Å²) < 4.78 is 47.6. The Bertz CT molecular complexity index is 929. The van der Waals surface area contributed by atoms with E-state index in [0.717, 1.165) is 18.7 Å². The molecule has 0 bridgehead atoms. The zero-order valence-electron chi connectivity index (χ0n) is 16.9. The molecule has 158 valence electrons. The second-order valence-corrected chi connectivity index (χ2v) is 8.80. The van der Waals surface area contributed by atoms with Crippen LogP contribution in [0, 0.1) is 12.7 Å². The van der Waals surface area contributed by atoms with Gasteiger partial charge in [0.25, 0.3) is 0 Å². The van der Waals surface area contributed by atoms with Gasteiger partial charge in [0.1, 0.15) is 16.5 Å². The summed E-state index contributed by atoms with van der Waals surface area (Å²) in [5.41, 5.74) is 1.48. The molecule has 3 rings (SSSR count). The van der Waals surface area contributed by atoms with Gasteiger partial charge < -0.3 is 9.64 Å². The lowest BCUT2D eigenvalue weighted by atomic mass is 10.2. The smallest absolute Gasteiger partial charge is 0.244 e. The maximum Gasteiger partial charge on any atom is 0.244 e. The van der Waals surface area contributed by atoms with Gasteiger partial charge in [0, 0.05) is 39.3 Å². The van der Waals surface area contributed by atoms with E-state index >= 15 is 0 Å². The van der Waals surface area contributed by atoms with E-state index < -0.39 is 10.0 Å². The Kier molecular flexibility index (Phi) is 7.10. The second-order valence-electron chi connectivity index (χ2n) is 7.06. The van der Waals surface area contributed by atoms with Crippen LogP contribution < -0.4 is 14.4 Å². The molecular weight excluding hydrogens is 393 g/mol. The number of piperazine rings is 1. The van der Waals surface area contributed by atoms with Gasteiger partial charge in [-0.1, -0.05) is 18.2 Å². The van der Waals surface area contributed by atoms with Crippen molar-refractivity contribution in [3.8, 4) is 5.75 Å². The maximum absolute atomic E-state index is 13.9. The van der Waals surface area contributed by atoms with Gasteiger partial charge in [0.15, 0.2) is 0 Å². The predicted octanol–water partition coefficient (Wildman–Crippen LogP) is 2.63. The van der Waals surface area contributed by atoms with E-state index in [1.807, 2.05) is 30.9 Å².